The van der Waals surface area contributed by atoms with Crippen molar-refractivity contribution in [3.05, 3.63) is 104 Å². The largest absolute Gasteiger partial charge is 0.352 e. The van der Waals surface area contributed by atoms with Crippen LogP contribution in [-0.4, -0.2) is 34.6 Å². The van der Waals surface area contributed by atoms with E-state index >= 15 is 0 Å². The Kier molecular flexibility index (Phi) is 11.2. The molecule has 2 amide bonds. The molecule has 0 fully saturated rings. The third-order valence-corrected chi connectivity index (χ3v) is 7.70. The molecule has 0 bridgehead atoms. The third-order valence-electron chi connectivity index (χ3n) is 5.45. The Hall–Kier alpha value is -1.99. The van der Waals surface area contributed by atoms with Crippen molar-refractivity contribution in [1.29, 1.82) is 0 Å². The van der Waals surface area contributed by atoms with Crippen LogP contribution in [0, 0.1) is 0 Å². The van der Waals surface area contributed by atoms with Crippen molar-refractivity contribution in [3.8, 4) is 0 Å². The Morgan fingerprint density at radius 2 is 1.58 bits per heavy atom. The lowest BCUT2D eigenvalue weighted by Gasteiger charge is -2.32. The maximum Gasteiger partial charge on any atom is 0.243 e. The molecule has 0 aliphatic carbocycles. The van der Waals surface area contributed by atoms with E-state index in [-0.39, 0.29) is 23.6 Å². The Morgan fingerprint density at radius 1 is 0.917 bits per heavy atom. The summed E-state index contributed by atoms with van der Waals surface area (Å²) in [6.45, 7) is 4.18. The van der Waals surface area contributed by atoms with E-state index in [1.54, 1.807) is 11.0 Å². The van der Waals surface area contributed by atoms with Crippen molar-refractivity contribution in [2.75, 3.05) is 5.75 Å². The Labute approximate surface area is 235 Å². The molecule has 1 N–H and O–H groups in total. The van der Waals surface area contributed by atoms with Crippen molar-refractivity contribution in [1.82, 2.24) is 10.2 Å². The summed E-state index contributed by atoms with van der Waals surface area (Å²) in [5, 5.41) is 4.01. The molecule has 3 aromatic carbocycles. The quantitative estimate of drug-likeness (QED) is 0.252. The van der Waals surface area contributed by atoms with E-state index in [4.69, 9.17) is 23.2 Å². The highest BCUT2D eigenvalue weighted by Gasteiger charge is 2.30. The first-order valence-corrected chi connectivity index (χ1v) is 14.3. The molecule has 0 saturated carbocycles. The van der Waals surface area contributed by atoms with Gasteiger partial charge in [0.1, 0.15) is 6.04 Å². The minimum Gasteiger partial charge on any atom is -0.352 e. The molecule has 0 spiro atoms. The smallest absolute Gasteiger partial charge is 0.243 e. The zero-order chi connectivity index (χ0) is 26.1. The molecule has 0 aliphatic heterocycles. The van der Waals surface area contributed by atoms with Crippen LogP contribution in [0.25, 0.3) is 0 Å². The van der Waals surface area contributed by atoms with Crippen molar-refractivity contribution < 1.29 is 9.59 Å². The number of hydrogen-bond acceptors (Lipinski definition) is 3. The van der Waals surface area contributed by atoms with Crippen molar-refractivity contribution in [2.24, 2.45) is 0 Å². The number of carbonyl (C=O) groups excluding carboxylic acids is 2. The molecule has 4 nitrogen and oxygen atoms in total. The lowest BCUT2D eigenvalue weighted by molar-refractivity contribution is -0.139. The van der Waals surface area contributed by atoms with Gasteiger partial charge >= 0.3 is 0 Å². The van der Waals surface area contributed by atoms with Gasteiger partial charge in [0.2, 0.25) is 11.8 Å². The maximum absolute atomic E-state index is 13.6. The van der Waals surface area contributed by atoms with Crippen molar-refractivity contribution >= 4 is 62.7 Å². The summed E-state index contributed by atoms with van der Waals surface area (Å²) in [5.74, 6) is 0.587. The van der Waals surface area contributed by atoms with E-state index in [1.807, 2.05) is 80.6 Å². The molecule has 8 heteroatoms. The SMILES string of the molecule is CC(C)NC(=O)[C@@H](Cc1ccccc1)N(Cc1ccc(Br)cc1)C(=O)CSCc1ccc(Cl)c(Cl)c1. The van der Waals surface area contributed by atoms with Gasteiger partial charge in [-0.3, -0.25) is 9.59 Å². The van der Waals surface area contributed by atoms with Crippen LogP contribution in [0.1, 0.15) is 30.5 Å². The summed E-state index contributed by atoms with van der Waals surface area (Å²) >= 11 is 17.1. The molecular weight excluding hydrogens is 579 g/mol. The highest BCUT2D eigenvalue weighted by atomic mass is 79.9. The number of nitrogens with zero attached hydrogens (tertiary/aromatic N) is 1. The molecule has 3 aromatic rings. The molecule has 0 heterocycles. The highest BCUT2D eigenvalue weighted by Crippen LogP contribution is 2.25. The summed E-state index contributed by atoms with van der Waals surface area (Å²) in [6, 6.07) is 22.4. The molecule has 3 rings (SSSR count). The van der Waals surface area contributed by atoms with E-state index in [2.05, 4.69) is 21.2 Å². The topological polar surface area (TPSA) is 49.4 Å². The van der Waals surface area contributed by atoms with Crippen LogP contribution in [0.2, 0.25) is 10.0 Å². The number of carbonyl (C=O) groups is 2. The normalized spacial score (nSPS) is 11.8. The van der Waals surface area contributed by atoms with Crippen LogP contribution >= 0.6 is 50.9 Å². The molecule has 0 unspecified atom stereocenters. The number of amides is 2. The van der Waals surface area contributed by atoms with Gasteiger partial charge in [0.05, 0.1) is 15.8 Å². The summed E-state index contributed by atoms with van der Waals surface area (Å²) < 4.78 is 0.958. The van der Waals surface area contributed by atoms with Crippen LogP contribution < -0.4 is 5.32 Å². The lowest BCUT2D eigenvalue weighted by atomic mass is 10.0. The molecule has 0 aliphatic rings. The van der Waals surface area contributed by atoms with Crippen LogP contribution in [0.3, 0.4) is 0 Å². The Balaban J connectivity index is 1.83. The van der Waals surface area contributed by atoms with E-state index in [9.17, 15) is 9.59 Å². The number of benzene rings is 3. The van der Waals surface area contributed by atoms with E-state index in [1.165, 1.54) is 11.8 Å². The molecule has 0 saturated heterocycles. The van der Waals surface area contributed by atoms with E-state index in [0.717, 1.165) is 21.2 Å². The van der Waals surface area contributed by atoms with Crippen LogP contribution in [0.4, 0.5) is 0 Å². The van der Waals surface area contributed by atoms with E-state index < -0.39 is 6.04 Å². The molecule has 190 valence electrons. The lowest BCUT2D eigenvalue weighted by Crippen LogP contribution is -2.52. The van der Waals surface area contributed by atoms with Crippen LogP contribution in [0.15, 0.2) is 77.3 Å². The number of rotatable bonds is 11. The molecule has 0 aromatic heterocycles. The molecule has 0 radical (unpaired) electrons. The zero-order valence-electron chi connectivity index (χ0n) is 20.2. The second-order valence-corrected chi connectivity index (χ2v) is 11.5. The fraction of sp³-hybridized carbons (Fsp3) is 0.286. The number of nitrogens with one attached hydrogen (secondary N) is 1. The maximum atomic E-state index is 13.6. The van der Waals surface area contributed by atoms with Crippen molar-refractivity contribution in [3.63, 3.8) is 0 Å². The predicted octanol–water partition coefficient (Wildman–Crippen LogP) is 7.15. The van der Waals surface area contributed by atoms with Crippen molar-refractivity contribution in [2.45, 2.75) is 44.6 Å². The second kappa shape index (κ2) is 14.1. The fourth-order valence-corrected chi connectivity index (χ4v) is 5.13. The Morgan fingerprint density at radius 3 is 2.22 bits per heavy atom. The number of halogens is 3. The molecule has 1 atom stereocenters. The van der Waals surface area contributed by atoms with Gasteiger partial charge in [-0.05, 0) is 54.8 Å². The number of hydrogen-bond donors (Lipinski definition) is 1. The zero-order valence-corrected chi connectivity index (χ0v) is 24.1. The summed E-state index contributed by atoms with van der Waals surface area (Å²) in [7, 11) is 0. The van der Waals surface area contributed by atoms with Gasteiger partial charge in [0.15, 0.2) is 0 Å². The van der Waals surface area contributed by atoms with Gasteiger partial charge in [0, 0.05) is 29.2 Å². The van der Waals surface area contributed by atoms with Gasteiger partial charge < -0.3 is 10.2 Å². The van der Waals surface area contributed by atoms with Gasteiger partial charge in [0.25, 0.3) is 0 Å². The average Bonchev–Trinajstić information content (AvgIpc) is 2.84. The average molecular weight is 608 g/mol. The van der Waals surface area contributed by atoms with E-state index in [0.29, 0.717) is 28.8 Å². The van der Waals surface area contributed by atoms with Gasteiger partial charge in [-0.15, -0.1) is 11.8 Å². The molecular formula is C28H29BrCl2N2O2S. The predicted molar refractivity (Wildman–Crippen MR) is 155 cm³/mol. The highest BCUT2D eigenvalue weighted by molar-refractivity contribution is 9.10. The minimum absolute atomic E-state index is 0.0376. The summed E-state index contributed by atoms with van der Waals surface area (Å²) in [4.78, 5) is 28.7. The summed E-state index contributed by atoms with van der Waals surface area (Å²) in [6.07, 6.45) is 0.430. The Bertz CT molecular complexity index is 1160. The first-order chi connectivity index (χ1) is 17.2. The third kappa shape index (κ3) is 8.84. The summed E-state index contributed by atoms with van der Waals surface area (Å²) in [5.41, 5.74) is 2.94. The second-order valence-electron chi connectivity index (χ2n) is 8.76. The monoisotopic (exact) mass is 606 g/mol. The first kappa shape index (κ1) is 28.6. The van der Waals surface area contributed by atoms with Crippen LogP contribution in [0.5, 0.6) is 0 Å². The molecule has 36 heavy (non-hydrogen) atoms. The van der Waals surface area contributed by atoms with Gasteiger partial charge in [-0.1, -0.05) is 87.7 Å². The standard InChI is InChI=1S/C28H29BrCl2N2O2S/c1-19(2)32-28(35)26(15-20-6-4-3-5-7-20)33(16-21-8-11-23(29)12-9-21)27(34)18-36-17-22-10-13-24(30)25(31)14-22/h3-14,19,26H,15-18H2,1-2H3,(H,32,35)/t26-/m1/s1. The van der Waals surface area contributed by atoms with Gasteiger partial charge in [-0.2, -0.15) is 0 Å². The first-order valence-electron chi connectivity index (χ1n) is 11.6. The fourth-order valence-electron chi connectivity index (χ4n) is 3.69. The van der Waals surface area contributed by atoms with Crippen LogP contribution in [-0.2, 0) is 28.3 Å². The van der Waals surface area contributed by atoms with Gasteiger partial charge in [-0.25, -0.2) is 0 Å². The number of thioether (sulfide) groups is 1. The minimum atomic E-state index is -0.642.